The Kier molecular flexibility index (Phi) is 5.01. The van der Waals surface area contributed by atoms with Crippen LogP contribution in [0.4, 0.5) is 0 Å². The third-order valence-electron chi connectivity index (χ3n) is 5.78. The number of fused-ring (bicyclic) bond motifs is 1. The molecule has 1 aliphatic heterocycles. The molecule has 0 saturated heterocycles. The summed E-state index contributed by atoms with van der Waals surface area (Å²) in [5.41, 5.74) is 2.60. The molecule has 2 aromatic heterocycles. The Labute approximate surface area is 169 Å². The topological polar surface area (TPSA) is 88.1 Å². The minimum Gasteiger partial charge on any atom is -0.494 e. The Hall–Kier alpha value is -2.74. The van der Waals surface area contributed by atoms with Gasteiger partial charge in [0.15, 0.2) is 11.5 Å². The molecule has 1 unspecified atom stereocenters. The molecular formula is C21H25N5O3. The quantitative estimate of drug-likeness (QED) is 0.644. The van der Waals surface area contributed by atoms with Crippen molar-refractivity contribution in [1.29, 1.82) is 0 Å². The number of hydrogen-bond acceptors (Lipinski definition) is 7. The Balaban J connectivity index is 1.32. The summed E-state index contributed by atoms with van der Waals surface area (Å²) in [5.74, 6) is 2.49. The lowest BCUT2D eigenvalue weighted by Crippen LogP contribution is -2.22. The van der Waals surface area contributed by atoms with Gasteiger partial charge in [-0.1, -0.05) is 41.8 Å². The number of ether oxygens (including phenoxy) is 2. The summed E-state index contributed by atoms with van der Waals surface area (Å²) in [6, 6.07) is 8.01. The largest absolute Gasteiger partial charge is 0.494 e. The molecule has 2 aliphatic rings. The van der Waals surface area contributed by atoms with Crippen LogP contribution in [0, 0.1) is 0 Å². The molecule has 5 rings (SSSR count). The van der Waals surface area contributed by atoms with Crippen molar-refractivity contribution in [1.82, 2.24) is 25.1 Å². The van der Waals surface area contributed by atoms with E-state index < -0.39 is 0 Å². The van der Waals surface area contributed by atoms with Crippen molar-refractivity contribution < 1.29 is 14.0 Å². The standard InChI is InChI=1S/C21H25N5O3/c1-2-27-16-10-8-14(9-11-16)18-12-26-17(13-28-18)19(23-25-26)21-22-20(24-29-21)15-6-4-3-5-7-15/h8-11,15,18H,2-7,12-13H2,1H3. The highest BCUT2D eigenvalue weighted by atomic mass is 16.5. The minimum absolute atomic E-state index is 0.0757. The fourth-order valence-corrected chi connectivity index (χ4v) is 4.18. The molecular weight excluding hydrogens is 370 g/mol. The number of hydrogen-bond donors (Lipinski definition) is 0. The van der Waals surface area contributed by atoms with Crippen LogP contribution in [0.25, 0.3) is 11.6 Å². The van der Waals surface area contributed by atoms with Gasteiger partial charge in [-0.2, -0.15) is 4.98 Å². The number of rotatable bonds is 5. The van der Waals surface area contributed by atoms with E-state index in [9.17, 15) is 0 Å². The predicted octanol–water partition coefficient (Wildman–Crippen LogP) is 4.05. The molecule has 152 valence electrons. The van der Waals surface area contributed by atoms with Gasteiger partial charge in [0, 0.05) is 5.92 Å². The maximum Gasteiger partial charge on any atom is 0.280 e. The van der Waals surface area contributed by atoms with E-state index in [0.717, 1.165) is 35.7 Å². The Morgan fingerprint density at radius 3 is 2.76 bits per heavy atom. The van der Waals surface area contributed by atoms with Crippen LogP contribution in [0.1, 0.15) is 68.1 Å². The monoisotopic (exact) mass is 395 g/mol. The van der Waals surface area contributed by atoms with Gasteiger partial charge in [-0.3, -0.25) is 0 Å². The van der Waals surface area contributed by atoms with Gasteiger partial charge in [0.05, 0.1) is 25.5 Å². The van der Waals surface area contributed by atoms with E-state index in [-0.39, 0.29) is 6.10 Å². The van der Waals surface area contributed by atoms with Crippen molar-refractivity contribution in [2.24, 2.45) is 0 Å². The first-order valence-corrected chi connectivity index (χ1v) is 10.4. The Bertz CT molecular complexity index is 959. The third kappa shape index (κ3) is 3.64. The Morgan fingerprint density at radius 1 is 1.14 bits per heavy atom. The zero-order valence-electron chi connectivity index (χ0n) is 16.6. The molecule has 1 aliphatic carbocycles. The van der Waals surface area contributed by atoms with Crippen molar-refractivity contribution in [2.45, 2.75) is 64.2 Å². The summed E-state index contributed by atoms with van der Waals surface area (Å²) in [4.78, 5) is 4.63. The average molecular weight is 395 g/mol. The molecule has 8 heteroatoms. The predicted molar refractivity (Wildman–Crippen MR) is 104 cm³/mol. The molecule has 1 atom stereocenters. The summed E-state index contributed by atoms with van der Waals surface area (Å²) in [7, 11) is 0. The number of benzene rings is 1. The van der Waals surface area contributed by atoms with Gasteiger partial charge in [0.2, 0.25) is 0 Å². The molecule has 0 radical (unpaired) electrons. The lowest BCUT2D eigenvalue weighted by molar-refractivity contribution is -0.00119. The van der Waals surface area contributed by atoms with E-state index in [1.807, 2.05) is 35.9 Å². The molecule has 0 spiro atoms. The molecule has 3 aromatic rings. The van der Waals surface area contributed by atoms with Crippen LogP contribution in [0.15, 0.2) is 28.8 Å². The maximum absolute atomic E-state index is 6.10. The molecule has 8 nitrogen and oxygen atoms in total. The normalized spacial score (nSPS) is 19.8. The molecule has 1 fully saturated rings. The average Bonchev–Trinajstić information content (AvgIpc) is 3.42. The van der Waals surface area contributed by atoms with Gasteiger partial charge in [0.1, 0.15) is 11.9 Å². The first-order chi connectivity index (χ1) is 14.3. The summed E-state index contributed by atoms with van der Waals surface area (Å²) >= 11 is 0. The van der Waals surface area contributed by atoms with E-state index in [0.29, 0.717) is 37.3 Å². The summed E-state index contributed by atoms with van der Waals surface area (Å²) < 4.78 is 19.0. The third-order valence-corrected chi connectivity index (χ3v) is 5.78. The summed E-state index contributed by atoms with van der Waals surface area (Å²) in [6.45, 7) is 3.63. The molecule has 1 saturated carbocycles. The van der Waals surface area contributed by atoms with E-state index in [2.05, 4.69) is 20.5 Å². The molecule has 0 N–H and O–H groups in total. The highest BCUT2D eigenvalue weighted by molar-refractivity contribution is 5.50. The molecule has 1 aromatic carbocycles. The van der Waals surface area contributed by atoms with Crippen molar-refractivity contribution in [3.8, 4) is 17.3 Å². The lowest BCUT2D eigenvalue weighted by Gasteiger charge is -2.24. The molecule has 3 heterocycles. The van der Waals surface area contributed by atoms with Crippen LogP contribution in [0.2, 0.25) is 0 Å². The smallest absolute Gasteiger partial charge is 0.280 e. The van der Waals surface area contributed by atoms with Crippen LogP contribution in [0.3, 0.4) is 0 Å². The first-order valence-electron chi connectivity index (χ1n) is 10.4. The second kappa shape index (κ2) is 7.94. The molecule has 0 bridgehead atoms. The van der Waals surface area contributed by atoms with Crippen molar-refractivity contribution >= 4 is 0 Å². The van der Waals surface area contributed by atoms with Crippen LogP contribution < -0.4 is 4.74 Å². The van der Waals surface area contributed by atoms with E-state index >= 15 is 0 Å². The number of nitrogens with zero attached hydrogens (tertiary/aromatic N) is 5. The van der Waals surface area contributed by atoms with Crippen LogP contribution >= 0.6 is 0 Å². The van der Waals surface area contributed by atoms with Crippen molar-refractivity contribution in [3.05, 3.63) is 41.3 Å². The Morgan fingerprint density at radius 2 is 1.97 bits per heavy atom. The van der Waals surface area contributed by atoms with E-state index in [1.165, 1.54) is 19.3 Å². The molecule has 29 heavy (non-hydrogen) atoms. The van der Waals surface area contributed by atoms with Gasteiger partial charge in [-0.15, -0.1) is 5.10 Å². The van der Waals surface area contributed by atoms with Crippen LogP contribution in [-0.4, -0.2) is 31.7 Å². The second-order valence-corrected chi connectivity index (χ2v) is 7.66. The van der Waals surface area contributed by atoms with Gasteiger partial charge in [-0.05, 0) is 37.5 Å². The van der Waals surface area contributed by atoms with E-state index in [4.69, 9.17) is 14.0 Å². The molecule has 0 amide bonds. The second-order valence-electron chi connectivity index (χ2n) is 7.66. The van der Waals surface area contributed by atoms with Gasteiger partial charge in [0.25, 0.3) is 5.89 Å². The van der Waals surface area contributed by atoms with Crippen LogP contribution in [0.5, 0.6) is 5.75 Å². The highest BCUT2D eigenvalue weighted by Crippen LogP contribution is 2.34. The number of aromatic nitrogens is 5. The highest BCUT2D eigenvalue weighted by Gasteiger charge is 2.29. The fraction of sp³-hybridized carbons (Fsp3) is 0.524. The fourth-order valence-electron chi connectivity index (χ4n) is 4.18. The van der Waals surface area contributed by atoms with Gasteiger partial charge >= 0.3 is 0 Å². The van der Waals surface area contributed by atoms with Gasteiger partial charge < -0.3 is 14.0 Å². The van der Waals surface area contributed by atoms with Crippen molar-refractivity contribution in [2.75, 3.05) is 6.61 Å². The zero-order chi connectivity index (χ0) is 19.6. The van der Waals surface area contributed by atoms with E-state index in [1.54, 1.807) is 0 Å². The van der Waals surface area contributed by atoms with Crippen LogP contribution in [-0.2, 0) is 17.9 Å². The van der Waals surface area contributed by atoms with Gasteiger partial charge in [-0.25, -0.2) is 4.68 Å². The summed E-state index contributed by atoms with van der Waals surface area (Å²) in [5, 5.41) is 12.8. The lowest BCUT2D eigenvalue weighted by atomic mass is 9.89. The minimum atomic E-state index is -0.0757. The first kappa shape index (κ1) is 18.3. The van der Waals surface area contributed by atoms with Crippen molar-refractivity contribution in [3.63, 3.8) is 0 Å². The SMILES string of the molecule is CCOc1ccc(C2Cn3nnc(-c4nc(C5CCCCC5)no4)c3CO2)cc1. The zero-order valence-corrected chi connectivity index (χ0v) is 16.6. The maximum atomic E-state index is 6.10. The summed E-state index contributed by atoms with van der Waals surface area (Å²) in [6.07, 6.45) is 5.95.